The van der Waals surface area contributed by atoms with Crippen LogP contribution in [0.15, 0.2) is 18.3 Å². The normalized spacial score (nSPS) is 24.9. The molecule has 4 N–H and O–H groups in total. The lowest BCUT2D eigenvalue weighted by Crippen LogP contribution is -2.49. The zero-order chi connectivity index (χ0) is 22.3. The van der Waals surface area contributed by atoms with Gasteiger partial charge in [-0.2, -0.15) is 0 Å². The minimum atomic E-state index is -3.50. The first kappa shape index (κ1) is 24.0. The van der Waals surface area contributed by atoms with Crippen LogP contribution in [0.4, 0.5) is 5.82 Å². The molecular weight excluding hydrogens is 412 g/mol. The Hall–Kier alpha value is -1.67. The molecule has 0 aromatic carbocycles. The van der Waals surface area contributed by atoms with E-state index in [4.69, 9.17) is 5.73 Å². The molecule has 0 aliphatic heterocycles. The van der Waals surface area contributed by atoms with Crippen molar-refractivity contribution in [3.8, 4) is 0 Å². The number of anilines is 1. The van der Waals surface area contributed by atoms with Crippen LogP contribution in [0.5, 0.6) is 0 Å². The van der Waals surface area contributed by atoms with Gasteiger partial charge in [0, 0.05) is 12.7 Å². The Morgan fingerprint density at radius 2 is 1.97 bits per heavy atom. The fourth-order valence-corrected chi connectivity index (χ4v) is 6.76. The summed E-state index contributed by atoms with van der Waals surface area (Å²) in [4.78, 5) is 17.1. The Kier molecular flexibility index (Phi) is 8.72. The summed E-state index contributed by atoms with van der Waals surface area (Å²) < 4.78 is 28.0. The number of hydrogen-bond acceptors (Lipinski definition) is 5. The highest BCUT2D eigenvalue weighted by atomic mass is 32.2. The molecule has 1 amide bonds. The summed E-state index contributed by atoms with van der Waals surface area (Å²) >= 11 is 0. The van der Waals surface area contributed by atoms with Gasteiger partial charge in [-0.15, -0.1) is 0 Å². The van der Waals surface area contributed by atoms with Crippen molar-refractivity contribution in [2.24, 2.45) is 17.8 Å². The Labute approximate surface area is 187 Å². The number of carbonyl (C=O) groups is 1. The fraction of sp³-hybridized carbons (Fsp3) is 0.739. The molecule has 4 atom stereocenters. The maximum absolute atomic E-state index is 13.1. The first-order chi connectivity index (χ1) is 14.9. The zero-order valence-corrected chi connectivity index (χ0v) is 19.5. The van der Waals surface area contributed by atoms with Crippen molar-refractivity contribution in [2.45, 2.75) is 83.7 Å². The number of sulfonamides is 1. The SMILES string of the molecule is CCCCS(=O)(=O)N[C@@H](CC1CCCC2CCCCC21)C(=O)NCc1ccc(N)nc1. The molecule has 8 heteroatoms. The summed E-state index contributed by atoms with van der Waals surface area (Å²) in [5, 5.41) is 2.91. The highest BCUT2D eigenvalue weighted by Crippen LogP contribution is 2.45. The van der Waals surface area contributed by atoms with Crippen LogP contribution >= 0.6 is 0 Å². The molecule has 3 rings (SSSR count). The molecule has 2 aliphatic rings. The lowest BCUT2D eigenvalue weighted by atomic mass is 9.64. The van der Waals surface area contributed by atoms with E-state index in [0.29, 0.717) is 37.0 Å². The number of nitrogens with zero attached hydrogens (tertiary/aromatic N) is 1. The van der Waals surface area contributed by atoms with Crippen LogP contribution in [0, 0.1) is 17.8 Å². The van der Waals surface area contributed by atoms with Gasteiger partial charge in [0.05, 0.1) is 5.75 Å². The number of hydrogen-bond donors (Lipinski definition) is 3. The number of nitrogens with two attached hydrogens (primary N) is 1. The molecule has 31 heavy (non-hydrogen) atoms. The van der Waals surface area contributed by atoms with Crippen LogP contribution in [0.2, 0.25) is 0 Å². The van der Waals surface area contributed by atoms with Crippen molar-refractivity contribution >= 4 is 21.7 Å². The van der Waals surface area contributed by atoms with Crippen molar-refractivity contribution in [1.82, 2.24) is 15.0 Å². The van der Waals surface area contributed by atoms with E-state index in [1.807, 2.05) is 13.0 Å². The molecular formula is C23H38N4O3S. The lowest BCUT2D eigenvalue weighted by Gasteiger charge is -2.42. The molecule has 2 saturated carbocycles. The highest BCUT2D eigenvalue weighted by molar-refractivity contribution is 7.89. The van der Waals surface area contributed by atoms with E-state index in [-0.39, 0.29) is 11.7 Å². The fourth-order valence-electron chi connectivity index (χ4n) is 5.34. The summed E-state index contributed by atoms with van der Waals surface area (Å²) in [7, 11) is -3.50. The minimum Gasteiger partial charge on any atom is -0.384 e. The third-order valence-electron chi connectivity index (χ3n) is 6.98. The number of carbonyl (C=O) groups excluding carboxylic acids is 1. The monoisotopic (exact) mass is 450 g/mol. The molecule has 2 aliphatic carbocycles. The van der Waals surface area contributed by atoms with E-state index < -0.39 is 16.1 Å². The molecule has 0 radical (unpaired) electrons. The molecule has 0 bridgehead atoms. The maximum atomic E-state index is 13.1. The molecule has 3 unspecified atom stereocenters. The Balaban J connectivity index is 1.68. The highest BCUT2D eigenvalue weighted by Gasteiger charge is 2.37. The third kappa shape index (κ3) is 7.17. The van der Waals surface area contributed by atoms with Crippen LogP contribution in [-0.4, -0.2) is 31.1 Å². The predicted octanol–water partition coefficient (Wildman–Crippen LogP) is 3.36. The topological polar surface area (TPSA) is 114 Å². The average molecular weight is 451 g/mol. The zero-order valence-electron chi connectivity index (χ0n) is 18.7. The third-order valence-corrected chi connectivity index (χ3v) is 8.45. The number of fused-ring (bicyclic) bond motifs is 1. The molecule has 0 spiro atoms. The number of nitrogens with one attached hydrogen (secondary N) is 2. The number of rotatable bonds is 10. The minimum absolute atomic E-state index is 0.0614. The standard InChI is InChI=1S/C23H38N4O3S/c1-2-3-13-31(29,30)27-21(23(28)26-16-17-11-12-22(24)25-15-17)14-19-9-6-8-18-7-4-5-10-20(18)19/h11-12,15,18-21,27H,2-10,13-14,16H2,1H3,(H2,24,25)(H,26,28)/t18?,19?,20?,21-/m0/s1. The summed E-state index contributed by atoms with van der Waals surface area (Å²) in [6, 6.07) is 2.78. The van der Waals surface area contributed by atoms with E-state index in [9.17, 15) is 13.2 Å². The van der Waals surface area contributed by atoms with E-state index >= 15 is 0 Å². The summed E-state index contributed by atoms with van der Waals surface area (Å²) in [5.41, 5.74) is 6.46. The number of unbranched alkanes of at least 4 members (excludes halogenated alkanes) is 1. The molecule has 1 heterocycles. The van der Waals surface area contributed by atoms with Gasteiger partial charge in [-0.3, -0.25) is 4.79 Å². The lowest BCUT2D eigenvalue weighted by molar-refractivity contribution is -0.123. The summed E-state index contributed by atoms with van der Waals surface area (Å²) in [6.45, 7) is 2.27. The Morgan fingerprint density at radius 3 is 2.71 bits per heavy atom. The Morgan fingerprint density at radius 1 is 1.19 bits per heavy atom. The smallest absolute Gasteiger partial charge is 0.238 e. The van der Waals surface area contributed by atoms with Crippen molar-refractivity contribution in [1.29, 1.82) is 0 Å². The summed E-state index contributed by atoms with van der Waals surface area (Å²) in [5.74, 6) is 2.01. The second kappa shape index (κ2) is 11.3. The van der Waals surface area contributed by atoms with Crippen LogP contribution in [0.3, 0.4) is 0 Å². The van der Waals surface area contributed by atoms with Crippen LogP contribution in [0.1, 0.15) is 76.7 Å². The predicted molar refractivity (Wildman–Crippen MR) is 124 cm³/mol. The van der Waals surface area contributed by atoms with Gasteiger partial charge in [0.25, 0.3) is 0 Å². The molecule has 1 aromatic rings. The van der Waals surface area contributed by atoms with Gasteiger partial charge >= 0.3 is 0 Å². The van der Waals surface area contributed by atoms with Crippen molar-refractivity contribution < 1.29 is 13.2 Å². The van der Waals surface area contributed by atoms with Crippen LogP contribution < -0.4 is 15.8 Å². The maximum Gasteiger partial charge on any atom is 0.238 e. The van der Waals surface area contributed by atoms with Gasteiger partial charge in [-0.05, 0) is 48.6 Å². The first-order valence-corrected chi connectivity index (χ1v) is 13.5. The number of nitrogen functional groups attached to an aromatic ring is 1. The van der Waals surface area contributed by atoms with E-state index in [0.717, 1.165) is 24.3 Å². The van der Waals surface area contributed by atoms with Gasteiger partial charge in [0.1, 0.15) is 11.9 Å². The number of amides is 1. The van der Waals surface area contributed by atoms with Crippen molar-refractivity contribution in [3.05, 3.63) is 23.9 Å². The first-order valence-electron chi connectivity index (χ1n) is 11.9. The van der Waals surface area contributed by atoms with E-state index in [1.165, 1.54) is 38.5 Å². The Bertz CT molecular complexity index is 811. The van der Waals surface area contributed by atoms with Crippen molar-refractivity contribution in [3.63, 3.8) is 0 Å². The van der Waals surface area contributed by atoms with E-state index in [1.54, 1.807) is 12.3 Å². The van der Waals surface area contributed by atoms with Crippen molar-refractivity contribution in [2.75, 3.05) is 11.5 Å². The number of aromatic nitrogens is 1. The van der Waals surface area contributed by atoms with Gasteiger partial charge in [-0.1, -0.05) is 57.9 Å². The van der Waals surface area contributed by atoms with Gasteiger partial charge < -0.3 is 11.1 Å². The van der Waals surface area contributed by atoms with Crippen LogP contribution in [-0.2, 0) is 21.4 Å². The molecule has 1 aromatic heterocycles. The molecule has 174 valence electrons. The van der Waals surface area contributed by atoms with Crippen LogP contribution in [0.25, 0.3) is 0 Å². The van der Waals surface area contributed by atoms with Gasteiger partial charge in [0.15, 0.2) is 0 Å². The number of pyridine rings is 1. The second-order valence-corrected chi connectivity index (χ2v) is 11.2. The largest absolute Gasteiger partial charge is 0.384 e. The average Bonchev–Trinajstić information content (AvgIpc) is 2.77. The van der Waals surface area contributed by atoms with Gasteiger partial charge in [-0.25, -0.2) is 18.1 Å². The van der Waals surface area contributed by atoms with Gasteiger partial charge in [0.2, 0.25) is 15.9 Å². The summed E-state index contributed by atoms with van der Waals surface area (Å²) in [6.07, 6.45) is 12.2. The molecule has 7 nitrogen and oxygen atoms in total. The quantitative estimate of drug-likeness (QED) is 0.506. The van der Waals surface area contributed by atoms with E-state index in [2.05, 4.69) is 15.0 Å². The second-order valence-electron chi connectivity index (χ2n) is 9.29. The molecule has 0 saturated heterocycles. The molecule has 2 fully saturated rings.